The fraction of sp³-hybridized carbons (Fsp3) is 0.333. The lowest BCUT2D eigenvalue weighted by Crippen LogP contribution is -2.30. The van der Waals surface area contributed by atoms with E-state index in [1.165, 1.54) is 19.2 Å². The van der Waals surface area contributed by atoms with Gasteiger partial charge in [-0.25, -0.2) is 4.39 Å². The van der Waals surface area contributed by atoms with Gasteiger partial charge in [0.25, 0.3) is 0 Å². The Bertz CT molecular complexity index is 454. The van der Waals surface area contributed by atoms with Gasteiger partial charge in [0.15, 0.2) is 5.78 Å². The van der Waals surface area contributed by atoms with Crippen LogP contribution in [0.25, 0.3) is 0 Å². The third-order valence-corrected chi connectivity index (χ3v) is 2.84. The number of hydrogen-bond acceptors (Lipinski definition) is 3. The van der Waals surface area contributed by atoms with E-state index in [9.17, 15) is 14.0 Å². The van der Waals surface area contributed by atoms with Gasteiger partial charge in [0.05, 0.1) is 7.11 Å². The summed E-state index contributed by atoms with van der Waals surface area (Å²) < 4.78 is 17.6. The predicted molar refractivity (Wildman–Crippen MR) is 54.6 cm³/mol. The number of carbonyl (C=O) groups excluding carboxylic acids is 2. The van der Waals surface area contributed by atoms with Crippen LogP contribution in [0.1, 0.15) is 22.3 Å². The van der Waals surface area contributed by atoms with E-state index in [1.807, 2.05) is 0 Å². The van der Waals surface area contributed by atoms with E-state index in [2.05, 4.69) is 4.74 Å². The number of carbonyl (C=O) groups is 2. The van der Waals surface area contributed by atoms with Gasteiger partial charge in [0.1, 0.15) is 11.7 Å². The molecule has 1 unspecified atom stereocenters. The Morgan fingerprint density at radius 1 is 1.50 bits per heavy atom. The normalized spacial score (nSPS) is 19.1. The molecule has 0 bridgehead atoms. The summed E-state index contributed by atoms with van der Waals surface area (Å²) in [7, 11) is 1.25. The molecule has 0 saturated heterocycles. The topological polar surface area (TPSA) is 43.4 Å². The third kappa shape index (κ3) is 1.71. The van der Waals surface area contributed by atoms with Crippen LogP contribution < -0.4 is 0 Å². The number of methoxy groups -OCH3 is 1. The van der Waals surface area contributed by atoms with E-state index in [0.717, 1.165) is 5.56 Å². The molecule has 0 aromatic heterocycles. The van der Waals surface area contributed by atoms with Crippen molar-refractivity contribution in [3.05, 3.63) is 35.1 Å². The highest BCUT2D eigenvalue weighted by Gasteiger charge is 2.33. The number of Topliss-reactive ketones (excluding diaryl/α,β-unsaturated/α-hetero) is 1. The van der Waals surface area contributed by atoms with Gasteiger partial charge < -0.3 is 4.74 Å². The first-order valence-corrected chi connectivity index (χ1v) is 5.04. The minimum atomic E-state index is -0.778. The largest absolute Gasteiger partial charge is 0.468 e. The summed E-state index contributed by atoms with van der Waals surface area (Å²) in [6.45, 7) is 0. The molecule has 3 nitrogen and oxygen atoms in total. The lowest BCUT2D eigenvalue weighted by Gasteiger charge is -2.21. The highest BCUT2D eigenvalue weighted by molar-refractivity contribution is 6.10. The van der Waals surface area contributed by atoms with Crippen LogP contribution in [0, 0.1) is 11.7 Å². The first-order chi connectivity index (χ1) is 7.63. The third-order valence-electron chi connectivity index (χ3n) is 2.84. The first-order valence-electron chi connectivity index (χ1n) is 5.04. The molecule has 0 N–H and O–H groups in total. The molecule has 0 aliphatic heterocycles. The summed E-state index contributed by atoms with van der Waals surface area (Å²) in [6, 6.07) is 4.10. The molecule has 0 heterocycles. The zero-order valence-electron chi connectivity index (χ0n) is 8.83. The zero-order valence-corrected chi connectivity index (χ0v) is 8.83. The van der Waals surface area contributed by atoms with Crippen LogP contribution in [0.2, 0.25) is 0 Å². The number of halogens is 1. The number of hydrogen-bond donors (Lipinski definition) is 0. The summed E-state index contributed by atoms with van der Waals surface area (Å²) in [4.78, 5) is 23.2. The lowest BCUT2D eigenvalue weighted by molar-refractivity contribution is -0.143. The maximum atomic E-state index is 13.0. The molecule has 1 aliphatic carbocycles. The molecule has 0 amide bonds. The molecule has 1 aromatic carbocycles. The van der Waals surface area contributed by atoms with Crippen molar-refractivity contribution in [2.45, 2.75) is 12.8 Å². The van der Waals surface area contributed by atoms with Crippen molar-refractivity contribution in [1.82, 2.24) is 0 Å². The van der Waals surface area contributed by atoms with E-state index in [0.29, 0.717) is 18.4 Å². The van der Waals surface area contributed by atoms with Crippen LogP contribution in [0.15, 0.2) is 18.2 Å². The van der Waals surface area contributed by atoms with Crippen molar-refractivity contribution in [3.63, 3.8) is 0 Å². The standard InChI is InChI=1S/C12H11FO3/c1-16-12(15)9-5-3-7-2-4-8(13)6-10(7)11(9)14/h2,4,6,9H,3,5H2,1H3. The second-order valence-electron chi connectivity index (χ2n) is 3.78. The molecule has 1 aliphatic rings. The Balaban J connectivity index is 2.38. The van der Waals surface area contributed by atoms with Crippen molar-refractivity contribution >= 4 is 11.8 Å². The average Bonchev–Trinajstić information content (AvgIpc) is 2.29. The molecule has 1 aromatic rings. The summed E-state index contributed by atoms with van der Waals surface area (Å²) in [5.41, 5.74) is 1.10. The second-order valence-corrected chi connectivity index (χ2v) is 3.78. The van der Waals surface area contributed by atoms with E-state index >= 15 is 0 Å². The van der Waals surface area contributed by atoms with Gasteiger partial charge in [0, 0.05) is 5.56 Å². The van der Waals surface area contributed by atoms with Gasteiger partial charge in [0.2, 0.25) is 0 Å². The minimum absolute atomic E-state index is 0.307. The van der Waals surface area contributed by atoms with Crippen LogP contribution in [0.4, 0.5) is 4.39 Å². The zero-order chi connectivity index (χ0) is 11.7. The summed E-state index contributed by atoms with van der Waals surface area (Å²) in [5, 5.41) is 0. The fourth-order valence-electron chi connectivity index (χ4n) is 1.98. The maximum absolute atomic E-state index is 13.0. The number of fused-ring (bicyclic) bond motifs is 1. The molecule has 84 valence electrons. The number of aryl methyl sites for hydroxylation is 1. The summed E-state index contributed by atoms with van der Waals surface area (Å²) in [5.74, 6) is -2.12. The highest BCUT2D eigenvalue weighted by atomic mass is 19.1. The number of ketones is 1. The number of esters is 1. The van der Waals surface area contributed by atoms with Gasteiger partial charge >= 0.3 is 5.97 Å². The van der Waals surface area contributed by atoms with Crippen LogP contribution in [0.3, 0.4) is 0 Å². The van der Waals surface area contributed by atoms with E-state index < -0.39 is 17.7 Å². The van der Waals surface area contributed by atoms with Crippen LogP contribution >= 0.6 is 0 Å². The van der Waals surface area contributed by atoms with E-state index in [-0.39, 0.29) is 5.78 Å². The maximum Gasteiger partial charge on any atom is 0.316 e. The van der Waals surface area contributed by atoms with Crippen molar-refractivity contribution < 1.29 is 18.7 Å². The molecule has 0 saturated carbocycles. The minimum Gasteiger partial charge on any atom is -0.468 e. The van der Waals surface area contributed by atoms with Crippen molar-refractivity contribution in [2.75, 3.05) is 7.11 Å². The van der Waals surface area contributed by atoms with Crippen molar-refractivity contribution in [2.24, 2.45) is 5.92 Å². The molecule has 1 atom stereocenters. The number of rotatable bonds is 1. The van der Waals surface area contributed by atoms with Gasteiger partial charge in [-0.15, -0.1) is 0 Å². The number of ether oxygens (including phenoxy) is 1. The van der Waals surface area contributed by atoms with Crippen molar-refractivity contribution in [1.29, 1.82) is 0 Å². The van der Waals surface area contributed by atoms with Gasteiger partial charge in [-0.3, -0.25) is 9.59 Å². The summed E-state index contributed by atoms with van der Waals surface area (Å²) >= 11 is 0. The van der Waals surface area contributed by atoms with Crippen LogP contribution in [-0.2, 0) is 16.0 Å². The lowest BCUT2D eigenvalue weighted by atomic mass is 9.83. The van der Waals surface area contributed by atoms with E-state index in [1.54, 1.807) is 6.07 Å². The first kappa shape index (κ1) is 10.8. The van der Waals surface area contributed by atoms with Crippen LogP contribution in [-0.4, -0.2) is 18.9 Å². The van der Waals surface area contributed by atoms with Gasteiger partial charge in [-0.1, -0.05) is 6.07 Å². The molecule has 4 heteroatoms. The van der Waals surface area contributed by atoms with Gasteiger partial charge in [-0.2, -0.15) is 0 Å². The molecular formula is C12H11FO3. The Labute approximate surface area is 92.2 Å². The van der Waals surface area contributed by atoms with E-state index in [4.69, 9.17) is 0 Å². The van der Waals surface area contributed by atoms with Crippen LogP contribution in [0.5, 0.6) is 0 Å². The molecular weight excluding hydrogens is 211 g/mol. The smallest absolute Gasteiger partial charge is 0.316 e. The Hall–Kier alpha value is -1.71. The number of benzene rings is 1. The Morgan fingerprint density at radius 3 is 2.94 bits per heavy atom. The molecule has 0 radical (unpaired) electrons. The summed E-state index contributed by atoms with van der Waals surface area (Å²) in [6.07, 6.45) is 1.03. The highest BCUT2D eigenvalue weighted by Crippen LogP contribution is 2.26. The Kier molecular flexibility index (Phi) is 2.73. The monoisotopic (exact) mass is 222 g/mol. The predicted octanol–water partition coefficient (Wildman–Crippen LogP) is 1.74. The molecule has 0 fully saturated rings. The molecule has 2 rings (SSSR count). The molecule has 16 heavy (non-hydrogen) atoms. The average molecular weight is 222 g/mol. The molecule has 0 spiro atoms. The fourth-order valence-corrected chi connectivity index (χ4v) is 1.98. The quantitative estimate of drug-likeness (QED) is 0.537. The van der Waals surface area contributed by atoms with Crippen molar-refractivity contribution in [3.8, 4) is 0 Å². The second kappa shape index (κ2) is 4.04. The van der Waals surface area contributed by atoms with Gasteiger partial charge in [-0.05, 0) is 30.5 Å². The SMILES string of the molecule is COC(=O)C1CCc2ccc(F)cc2C1=O. The Morgan fingerprint density at radius 2 is 2.25 bits per heavy atom.